The van der Waals surface area contributed by atoms with Crippen molar-refractivity contribution in [3.63, 3.8) is 0 Å². The van der Waals surface area contributed by atoms with Crippen molar-refractivity contribution in [1.82, 2.24) is 4.98 Å². The smallest absolute Gasteiger partial charge is 0.259 e. The summed E-state index contributed by atoms with van der Waals surface area (Å²) in [4.78, 5) is 20.0. The van der Waals surface area contributed by atoms with Gasteiger partial charge in [0.25, 0.3) is 5.91 Å². The molecule has 3 nitrogen and oxygen atoms in total. The van der Waals surface area contributed by atoms with E-state index in [0.29, 0.717) is 17.9 Å². The van der Waals surface area contributed by atoms with Crippen LogP contribution in [0.25, 0.3) is 0 Å². The molecular weight excluding hydrogens is 360 g/mol. The Morgan fingerprint density at radius 3 is 2.55 bits per heavy atom. The Morgan fingerprint density at radius 2 is 1.91 bits per heavy atom. The van der Waals surface area contributed by atoms with Gasteiger partial charge >= 0.3 is 0 Å². The number of amides is 1. The summed E-state index contributed by atoms with van der Waals surface area (Å²) in [5.74, 6) is 0.600. The topological polar surface area (TPSA) is 33.2 Å². The minimum atomic E-state index is -0.0559. The van der Waals surface area contributed by atoms with Gasteiger partial charge in [0.05, 0.1) is 6.54 Å². The van der Waals surface area contributed by atoms with E-state index in [1.165, 1.54) is 0 Å². The van der Waals surface area contributed by atoms with Crippen molar-refractivity contribution < 1.29 is 4.79 Å². The molecule has 0 spiro atoms. The summed E-state index contributed by atoms with van der Waals surface area (Å²) in [6, 6.07) is 17.0. The fourth-order valence-electron chi connectivity index (χ4n) is 2.08. The van der Waals surface area contributed by atoms with Crippen molar-refractivity contribution in [3.05, 3.63) is 81.1 Å². The standard InChI is InChI=1S/C17H13BrN2OS/c18-14-8-6-13(7-9-14)17(21)20(12-15-4-3-11-22-15)16-5-1-2-10-19-16/h1-11H,12H2. The van der Waals surface area contributed by atoms with Crippen molar-refractivity contribution in [2.24, 2.45) is 0 Å². The van der Waals surface area contributed by atoms with Crippen molar-refractivity contribution in [1.29, 1.82) is 0 Å². The van der Waals surface area contributed by atoms with E-state index in [1.54, 1.807) is 22.4 Å². The lowest BCUT2D eigenvalue weighted by Crippen LogP contribution is -2.30. The van der Waals surface area contributed by atoms with Crippen LogP contribution in [0.2, 0.25) is 0 Å². The predicted octanol–water partition coefficient (Wildman–Crippen LogP) is 4.75. The van der Waals surface area contributed by atoms with E-state index < -0.39 is 0 Å². The highest BCUT2D eigenvalue weighted by molar-refractivity contribution is 9.10. The molecule has 0 aliphatic carbocycles. The van der Waals surface area contributed by atoms with Crippen LogP contribution in [0, 0.1) is 0 Å². The Hall–Kier alpha value is -1.98. The molecule has 0 bridgehead atoms. The molecule has 0 saturated carbocycles. The number of anilines is 1. The number of nitrogens with zero attached hydrogens (tertiary/aromatic N) is 2. The zero-order valence-electron chi connectivity index (χ0n) is 11.6. The Kier molecular flexibility index (Phi) is 4.65. The fraction of sp³-hybridized carbons (Fsp3) is 0.0588. The van der Waals surface area contributed by atoms with E-state index in [2.05, 4.69) is 20.9 Å². The van der Waals surface area contributed by atoms with E-state index in [-0.39, 0.29) is 5.91 Å². The van der Waals surface area contributed by atoms with E-state index in [4.69, 9.17) is 0 Å². The van der Waals surface area contributed by atoms with Gasteiger partial charge in [-0.15, -0.1) is 11.3 Å². The van der Waals surface area contributed by atoms with Gasteiger partial charge in [0, 0.05) is 21.1 Å². The molecule has 0 atom stereocenters. The Morgan fingerprint density at radius 1 is 1.09 bits per heavy atom. The van der Waals surface area contributed by atoms with Crippen molar-refractivity contribution >= 4 is 39.0 Å². The first-order chi connectivity index (χ1) is 10.7. The lowest BCUT2D eigenvalue weighted by Gasteiger charge is -2.21. The monoisotopic (exact) mass is 372 g/mol. The van der Waals surface area contributed by atoms with E-state index in [9.17, 15) is 4.79 Å². The van der Waals surface area contributed by atoms with Gasteiger partial charge in [-0.3, -0.25) is 9.69 Å². The number of hydrogen-bond donors (Lipinski definition) is 0. The third kappa shape index (κ3) is 3.43. The van der Waals surface area contributed by atoms with Crippen LogP contribution in [0.1, 0.15) is 15.2 Å². The van der Waals surface area contributed by atoms with Gasteiger partial charge in [-0.05, 0) is 47.8 Å². The summed E-state index contributed by atoms with van der Waals surface area (Å²) in [5, 5.41) is 2.01. The molecule has 0 aliphatic heterocycles. The van der Waals surface area contributed by atoms with Crippen LogP contribution in [0.5, 0.6) is 0 Å². The SMILES string of the molecule is O=C(c1ccc(Br)cc1)N(Cc1cccs1)c1ccccn1. The number of thiophene rings is 1. The molecule has 2 aromatic heterocycles. The largest absolute Gasteiger partial charge is 0.287 e. The maximum atomic E-state index is 12.9. The lowest BCUT2D eigenvalue weighted by atomic mass is 10.2. The average Bonchev–Trinajstić information content (AvgIpc) is 3.07. The predicted molar refractivity (Wildman–Crippen MR) is 93.2 cm³/mol. The molecule has 110 valence electrons. The number of pyridine rings is 1. The molecule has 5 heteroatoms. The number of aromatic nitrogens is 1. The second-order valence-electron chi connectivity index (χ2n) is 4.67. The number of rotatable bonds is 4. The lowest BCUT2D eigenvalue weighted by molar-refractivity contribution is 0.0984. The zero-order valence-corrected chi connectivity index (χ0v) is 14.0. The first-order valence-corrected chi connectivity index (χ1v) is 8.42. The summed E-state index contributed by atoms with van der Waals surface area (Å²) in [6.45, 7) is 0.517. The number of halogens is 1. The molecule has 3 aromatic rings. The third-order valence-corrected chi connectivity index (χ3v) is 4.55. The Bertz CT molecular complexity index is 742. The van der Waals surface area contributed by atoms with Crippen LogP contribution in [0.15, 0.2) is 70.6 Å². The highest BCUT2D eigenvalue weighted by atomic mass is 79.9. The summed E-state index contributed by atoms with van der Waals surface area (Å²) in [7, 11) is 0. The Labute approximate surface area is 141 Å². The Balaban J connectivity index is 1.94. The molecule has 0 N–H and O–H groups in total. The highest BCUT2D eigenvalue weighted by Crippen LogP contribution is 2.21. The van der Waals surface area contributed by atoms with Gasteiger partial charge in [0.1, 0.15) is 5.82 Å². The summed E-state index contributed by atoms with van der Waals surface area (Å²) in [6.07, 6.45) is 1.70. The molecule has 3 rings (SSSR count). The first-order valence-electron chi connectivity index (χ1n) is 6.75. The van der Waals surface area contributed by atoms with Crippen LogP contribution >= 0.6 is 27.3 Å². The molecule has 2 heterocycles. The van der Waals surface area contributed by atoms with Crippen LogP contribution in [-0.4, -0.2) is 10.9 Å². The van der Waals surface area contributed by atoms with E-state index in [0.717, 1.165) is 9.35 Å². The highest BCUT2D eigenvalue weighted by Gasteiger charge is 2.19. The minimum absolute atomic E-state index is 0.0559. The maximum absolute atomic E-state index is 12.9. The van der Waals surface area contributed by atoms with Crippen LogP contribution in [0.3, 0.4) is 0 Å². The van der Waals surface area contributed by atoms with Gasteiger partial charge in [-0.2, -0.15) is 0 Å². The van der Waals surface area contributed by atoms with Gasteiger partial charge in [0.15, 0.2) is 0 Å². The number of carbonyl (C=O) groups is 1. The van der Waals surface area contributed by atoms with E-state index in [1.807, 2.05) is 60.0 Å². The molecule has 22 heavy (non-hydrogen) atoms. The number of benzene rings is 1. The average molecular weight is 373 g/mol. The van der Waals surface area contributed by atoms with E-state index >= 15 is 0 Å². The zero-order chi connectivity index (χ0) is 15.4. The molecule has 1 aromatic carbocycles. The molecule has 0 radical (unpaired) electrons. The number of hydrogen-bond acceptors (Lipinski definition) is 3. The quantitative estimate of drug-likeness (QED) is 0.661. The molecule has 1 amide bonds. The van der Waals surface area contributed by atoms with Gasteiger partial charge in [-0.25, -0.2) is 4.98 Å². The van der Waals surface area contributed by atoms with Crippen molar-refractivity contribution in [2.45, 2.75) is 6.54 Å². The molecule has 0 fully saturated rings. The maximum Gasteiger partial charge on any atom is 0.259 e. The molecular formula is C17H13BrN2OS. The summed E-state index contributed by atoms with van der Waals surface area (Å²) < 4.78 is 0.951. The first kappa shape index (κ1) is 14.9. The second kappa shape index (κ2) is 6.85. The van der Waals surface area contributed by atoms with Crippen molar-refractivity contribution in [3.8, 4) is 0 Å². The third-order valence-electron chi connectivity index (χ3n) is 3.16. The van der Waals surface area contributed by atoms with Crippen LogP contribution < -0.4 is 4.90 Å². The van der Waals surface area contributed by atoms with Crippen molar-refractivity contribution in [2.75, 3.05) is 4.90 Å². The van der Waals surface area contributed by atoms with Gasteiger partial charge in [-0.1, -0.05) is 28.1 Å². The van der Waals surface area contributed by atoms with Crippen LogP contribution in [-0.2, 0) is 6.54 Å². The van der Waals surface area contributed by atoms with Gasteiger partial charge < -0.3 is 0 Å². The van der Waals surface area contributed by atoms with Gasteiger partial charge in [0.2, 0.25) is 0 Å². The molecule has 0 unspecified atom stereocenters. The minimum Gasteiger partial charge on any atom is -0.287 e. The molecule has 0 aliphatic rings. The summed E-state index contributed by atoms with van der Waals surface area (Å²) >= 11 is 5.02. The van der Waals surface area contributed by atoms with Crippen LogP contribution in [0.4, 0.5) is 5.82 Å². The molecule has 0 saturated heterocycles. The summed E-state index contributed by atoms with van der Waals surface area (Å²) in [5.41, 5.74) is 0.644. The normalized spacial score (nSPS) is 10.4. The fourth-order valence-corrected chi connectivity index (χ4v) is 3.03. The number of carbonyl (C=O) groups excluding carboxylic acids is 1. The second-order valence-corrected chi connectivity index (χ2v) is 6.61.